The van der Waals surface area contributed by atoms with Crippen molar-refractivity contribution in [2.75, 3.05) is 6.26 Å². The Balaban J connectivity index is 2.37. The number of H-pyrrole nitrogens is 1. The van der Waals surface area contributed by atoms with Gasteiger partial charge in [-0.1, -0.05) is 30.3 Å². The number of nitrogens with one attached hydrogen (secondary N) is 2. The van der Waals surface area contributed by atoms with Crippen LogP contribution < -0.4 is 10.3 Å². The number of hydrogen-bond acceptors (Lipinski definition) is 4. The molecule has 6 nitrogen and oxygen atoms in total. The summed E-state index contributed by atoms with van der Waals surface area (Å²) in [5.74, 6) is -0.951. The molecule has 0 aliphatic heterocycles. The number of sulfonamides is 1. The predicted molar refractivity (Wildman–Crippen MR) is 74.8 cm³/mol. The quantitative estimate of drug-likeness (QED) is 0.871. The minimum absolute atomic E-state index is 0.255. The predicted octanol–water partition coefficient (Wildman–Crippen LogP) is 0.731. The third-order valence-electron chi connectivity index (χ3n) is 2.52. The molecule has 0 bridgehead atoms. The van der Waals surface area contributed by atoms with Gasteiger partial charge in [0.25, 0.3) is 11.5 Å². The summed E-state index contributed by atoms with van der Waals surface area (Å²) in [6, 6.07) is 11.9. The SMILES string of the molecule is CS(=O)(=O)NC(=O)c1ccc(-c2ccccc2)[nH]c1=O. The molecule has 1 heterocycles. The lowest BCUT2D eigenvalue weighted by molar-refractivity contribution is 0.0980. The summed E-state index contributed by atoms with van der Waals surface area (Å²) >= 11 is 0. The van der Waals surface area contributed by atoms with Crippen LogP contribution in [0.1, 0.15) is 10.4 Å². The fourth-order valence-corrected chi connectivity index (χ4v) is 2.11. The maximum Gasteiger partial charge on any atom is 0.270 e. The fraction of sp³-hybridized carbons (Fsp3) is 0.0769. The van der Waals surface area contributed by atoms with E-state index >= 15 is 0 Å². The standard InChI is InChI=1S/C13H12N2O4S/c1-20(18,19)15-13(17)10-7-8-11(14-12(10)16)9-5-3-2-4-6-9/h2-8H,1H3,(H,14,16)(H,15,17). The first-order valence-corrected chi connectivity index (χ1v) is 7.57. The lowest BCUT2D eigenvalue weighted by atomic mass is 10.1. The van der Waals surface area contributed by atoms with Gasteiger partial charge in [0.1, 0.15) is 5.56 Å². The number of benzene rings is 1. The molecule has 0 fully saturated rings. The van der Waals surface area contributed by atoms with Crippen molar-refractivity contribution < 1.29 is 13.2 Å². The van der Waals surface area contributed by atoms with Gasteiger partial charge in [-0.05, 0) is 17.7 Å². The van der Waals surface area contributed by atoms with Gasteiger partial charge in [0.15, 0.2) is 0 Å². The van der Waals surface area contributed by atoms with Gasteiger partial charge >= 0.3 is 0 Å². The van der Waals surface area contributed by atoms with E-state index in [4.69, 9.17) is 0 Å². The fourth-order valence-electron chi connectivity index (χ4n) is 1.66. The largest absolute Gasteiger partial charge is 0.321 e. The molecule has 2 N–H and O–H groups in total. The molecule has 1 aromatic heterocycles. The number of rotatable bonds is 3. The minimum atomic E-state index is -3.70. The average Bonchev–Trinajstić information content (AvgIpc) is 2.37. The van der Waals surface area contributed by atoms with Crippen LogP contribution in [0, 0.1) is 0 Å². The molecule has 2 rings (SSSR count). The summed E-state index contributed by atoms with van der Waals surface area (Å²) in [5.41, 5.74) is 0.439. The van der Waals surface area contributed by atoms with E-state index in [2.05, 4.69) is 4.98 Å². The smallest absolute Gasteiger partial charge is 0.270 e. The summed E-state index contributed by atoms with van der Waals surface area (Å²) in [7, 11) is -3.70. The lowest BCUT2D eigenvalue weighted by Gasteiger charge is -2.04. The van der Waals surface area contributed by atoms with Crippen molar-refractivity contribution in [3.8, 4) is 11.3 Å². The Kier molecular flexibility index (Phi) is 3.71. The Bertz CT molecular complexity index is 795. The molecular formula is C13H12N2O4S. The van der Waals surface area contributed by atoms with Gasteiger partial charge in [0.2, 0.25) is 10.0 Å². The number of carbonyl (C=O) groups excluding carboxylic acids is 1. The van der Waals surface area contributed by atoms with Crippen LogP contribution in [0.3, 0.4) is 0 Å². The molecule has 0 atom stereocenters. The van der Waals surface area contributed by atoms with Gasteiger partial charge in [0.05, 0.1) is 6.26 Å². The second-order valence-electron chi connectivity index (χ2n) is 4.18. The van der Waals surface area contributed by atoms with Crippen molar-refractivity contribution in [3.63, 3.8) is 0 Å². The highest BCUT2D eigenvalue weighted by molar-refractivity contribution is 7.89. The Morgan fingerprint density at radius 1 is 1.10 bits per heavy atom. The summed E-state index contributed by atoms with van der Waals surface area (Å²) in [4.78, 5) is 26.0. The number of amides is 1. The van der Waals surface area contributed by atoms with E-state index < -0.39 is 21.5 Å². The third-order valence-corrected chi connectivity index (χ3v) is 3.07. The average molecular weight is 292 g/mol. The molecule has 0 aliphatic rings. The zero-order valence-electron chi connectivity index (χ0n) is 10.6. The molecule has 0 radical (unpaired) electrons. The van der Waals surface area contributed by atoms with Crippen LogP contribution in [0.4, 0.5) is 0 Å². The summed E-state index contributed by atoms with van der Waals surface area (Å²) in [5, 5.41) is 0. The van der Waals surface area contributed by atoms with E-state index in [0.29, 0.717) is 5.69 Å². The molecule has 1 amide bonds. The molecular weight excluding hydrogens is 280 g/mol. The summed E-state index contributed by atoms with van der Waals surface area (Å²) < 4.78 is 23.7. The number of pyridine rings is 1. The zero-order valence-corrected chi connectivity index (χ0v) is 11.4. The number of aromatic amines is 1. The highest BCUT2D eigenvalue weighted by Crippen LogP contribution is 2.14. The topological polar surface area (TPSA) is 96.1 Å². The highest BCUT2D eigenvalue weighted by atomic mass is 32.2. The van der Waals surface area contributed by atoms with Crippen LogP contribution in [-0.2, 0) is 10.0 Å². The molecule has 0 saturated carbocycles. The van der Waals surface area contributed by atoms with Gasteiger partial charge in [-0.3, -0.25) is 9.59 Å². The minimum Gasteiger partial charge on any atom is -0.321 e. The Labute approximate surface area is 115 Å². The molecule has 7 heteroatoms. The van der Waals surface area contributed by atoms with Crippen LogP contribution in [0.25, 0.3) is 11.3 Å². The zero-order chi connectivity index (χ0) is 14.8. The molecule has 2 aromatic rings. The van der Waals surface area contributed by atoms with Crippen LogP contribution in [0.15, 0.2) is 47.3 Å². The Morgan fingerprint density at radius 3 is 2.30 bits per heavy atom. The summed E-state index contributed by atoms with van der Waals surface area (Å²) in [6.45, 7) is 0. The van der Waals surface area contributed by atoms with Gasteiger partial charge in [-0.2, -0.15) is 0 Å². The van der Waals surface area contributed by atoms with Gasteiger partial charge in [-0.25, -0.2) is 13.1 Å². The van der Waals surface area contributed by atoms with E-state index in [1.165, 1.54) is 6.07 Å². The normalized spacial score (nSPS) is 11.1. The first kappa shape index (κ1) is 14.0. The van der Waals surface area contributed by atoms with Crippen molar-refractivity contribution in [2.24, 2.45) is 0 Å². The maximum absolute atomic E-state index is 11.8. The summed E-state index contributed by atoms with van der Waals surface area (Å²) in [6.07, 6.45) is 0.845. The first-order valence-electron chi connectivity index (χ1n) is 5.68. The molecule has 1 aromatic carbocycles. The van der Waals surface area contributed by atoms with Crippen molar-refractivity contribution >= 4 is 15.9 Å². The van der Waals surface area contributed by atoms with Gasteiger partial charge < -0.3 is 4.98 Å². The lowest BCUT2D eigenvalue weighted by Crippen LogP contribution is -2.33. The molecule has 0 spiro atoms. The van der Waals surface area contributed by atoms with Crippen LogP contribution in [0.2, 0.25) is 0 Å². The van der Waals surface area contributed by atoms with Crippen molar-refractivity contribution in [1.82, 2.24) is 9.71 Å². The van der Waals surface area contributed by atoms with Crippen molar-refractivity contribution in [1.29, 1.82) is 0 Å². The van der Waals surface area contributed by atoms with E-state index in [-0.39, 0.29) is 5.56 Å². The first-order chi connectivity index (χ1) is 9.37. The van der Waals surface area contributed by atoms with Crippen molar-refractivity contribution in [3.05, 3.63) is 58.4 Å². The van der Waals surface area contributed by atoms with E-state index in [1.807, 2.05) is 30.3 Å². The van der Waals surface area contributed by atoms with Gasteiger partial charge in [0, 0.05) is 5.69 Å². The van der Waals surface area contributed by atoms with Crippen LogP contribution in [0.5, 0.6) is 0 Å². The molecule has 20 heavy (non-hydrogen) atoms. The van der Waals surface area contributed by atoms with Crippen molar-refractivity contribution in [2.45, 2.75) is 0 Å². The van der Waals surface area contributed by atoms with Crippen LogP contribution >= 0.6 is 0 Å². The third kappa shape index (κ3) is 3.33. The number of hydrogen-bond donors (Lipinski definition) is 2. The van der Waals surface area contributed by atoms with E-state index in [0.717, 1.165) is 11.8 Å². The number of aromatic nitrogens is 1. The Hall–Kier alpha value is -2.41. The molecule has 0 aliphatic carbocycles. The second kappa shape index (κ2) is 5.30. The van der Waals surface area contributed by atoms with Gasteiger partial charge in [-0.15, -0.1) is 0 Å². The van der Waals surface area contributed by atoms with E-state index in [1.54, 1.807) is 10.8 Å². The molecule has 0 saturated heterocycles. The van der Waals surface area contributed by atoms with Crippen LogP contribution in [-0.4, -0.2) is 25.6 Å². The second-order valence-corrected chi connectivity index (χ2v) is 5.93. The number of carbonyl (C=O) groups is 1. The van der Waals surface area contributed by atoms with E-state index in [9.17, 15) is 18.0 Å². The molecule has 0 unspecified atom stereocenters. The Morgan fingerprint density at radius 2 is 1.75 bits per heavy atom. The highest BCUT2D eigenvalue weighted by Gasteiger charge is 2.15. The molecule has 104 valence electrons. The monoisotopic (exact) mass is 292 g/mol. The maximum atomic E-state index is 11.8.